The van der Waals surface area contributed by atoms with Crippen LogP contribution in [0.2, 0.25) is 0 Å². The monoisotopic (exact) mass is 144 g/mol. The Labute approximate surface area is 59.6 Å². The second-order valence-corrected chi connectivity index (χ2v) is 2.54. The summed E-state index contributed by atoms with van der Waals surface area (Å²) in [5.74, 6) is -0.0694. The number of hydrogen-bond acceptors (Lipinski definition) is 3. The van der Waals surface area contributed by atoms with Crippen molar-refractivity contribution in [1.29, 1.82) is 0 Å². The van der Waals surface area contributed by atoms with E-state index in [9.17, 15) is 0 Å². The lowest BCUT2D eigenvalue weighted by Crippen LogP contribution is -2.26. The molecule has 0 saturated carbocycles. The van der Waals surface area contributed by atoms with Crippen molar-refractivity contribution in [3.63, 3.8) is 0 Å². The third kappa shape index (κ3) is 1.37. The second-order valence-electron chi connectivity index (χ2n) is 2.54. The Hall–Kier alpha value is -0.380. The van der Waals surface area contributed by atoms with Crippen LogP contribution in [0, 0.1) is 5.92 Å². The number of aliphatic hydroxyl groups is 3. The predicted octanol–water partition coefficient (Wildman–Crippen LogP) is -0.723. The van der Waals surface area contributed by atoms with Gasteiger partial charge in [0.2, 0.25) is 0 Å². The lowest BCUT2D eigenvalue weighted by molar-refractivity contribution is 0.0275. The average molecular weight is 144 g/mol. The summed E-state index contributed by atoms with van der Waals surface area (Å²) in [7, 11) is 0. The molecule has 3 nitrogen and oxygen atoms in total. The van der Waals surface area contributed by atoms with E-state index < -0.39 is 12.2 Å². The summed E-state index contributed by atoms with van der Waals surface area (Å²) in [6, 6.07) is 0. The fraction of sp³-hybridized carbons (Fsp3) is 0.714. The van der Waals surface area contributed by atoms with E-state index in [1.807, 2.05) is 0 Å². The molecule has 3 heteroatoms. The van der Waals surface area contributed by atoms with Gasteiger partial charge in [-0.3, -0.25) is 0 Å². The average Bonchev–Trinajstić information content (AvgIpc) is 2.20. The van der Waals surface area contributed by atoms with E-state index in [1.165, 1.54) is 0 Å². The molecule has 0 radical (unpaired) electrons. The number of rotatable bonds is 2. The molecule has 0 saturated heterocycles. The first-order valence-electron chi connectivity index (χ1n) is 3.41. The van der Waals surface area contributed by atoms with E-state index in [2.05, 4.69) is 0 Å². The van der Waals surface area contributed by atoms with Crippen LogP contribution in [0.15, 0.2) is 12.2 Å². The van der Waals surface area contributed by atoms with Crippen molar-refractivity contribution in [2.75, 3.05) is 6.61 Å². The van der Waals surface area contributed by atoms with Gasteiger partial charge in [-0.15, -0.1) is 0 Å². The Kier molecular flexibility index (Phi) is 2.43. The third-order valence-corrected chi connectivity index (χ3v) is 1.81. The van der Waals surface area contributed by atoms with Gasteiger partial charge in [0, 0.05) is 12.5 Å². The van der Waals surface area contributed by atoms with Gasteiger partial charge >= 0.3 is 0 Å². The Morgan fingerprint density at radius 3 is 2.30 bits per heavy atom. The maximum atomic E-state index is 9.16. The van der Waals surface area contributed by atoms with Crippen molar-refractivity contribution < 1.29 is 15.3 Å². The number of aliphatic hydroxyl groups excluding tert-OH is 3. The molecule has 58 valence electrons. The van der Waals surface area contributed by atoms with Crippen LogP contribution in [0.3, 0.4) is 0 Å². The van der Waals surface area contributed by atoms with Gasteiger partial charge in [0.25, 0.3) is 0 Å². The van der Waals surface area contributed by atoms with Crippen LogP contribution in [0.5, 0.6) is 0 Å². The number of hydrogen-bond donors (Lipinski definition) is 3. The highest BCUT2D eigenvalue weighted by molar-refractivity contribution is 5.07. The summed E-state index contributed by atoms with van der Waals surface area (Å²) in [5, 5.41) is 26.6. The molecule has 10 heavy (non-hydrogen) atoms. The molecule has 3 N–H and O–H groups in total. The fourth-order valence-electron chi connectivity index (χ4n) is 1.15. The molecule has 0 aliphatic heterocycles. The third-order valence-electron chi connectivity index (χ3n) is 1.81. The molecule has 0 fully saturated rings. The van der Waals surface area contributed by atoms with Crippen molar-refractivity contribution in [3.8, 4) is 0 Å². The smallest absolute Gasteiger partial charge is 0.0985 e. The normalized spacial score (nSPS) is 38.9. The lowest BCUT2D eigenvalue weighted by Gasteiger charge is -2.14. The van der Waals surface area contributed by atoms with Crippen LogP contribution in [-0.4, -0.2) is 34.1 Å². The highest BCUT2D eigenvalue weighted by Gasteiger charge is 2.27. The molecule has 0 aromatic carbocycles. The molecule has 3 atom stereocenters. The molecule has 0 amide bonds. The molecule has 1 aliphatic rings. The van der Waals surface area contributed by atoms with Gasteiger partial charge in [-0.1, -0.05) is 12.2 Å². The molecule has 0 aromatic rings. The van der Waals surface area contributed by atoms with Crippen molar-refractivity contribution in [2.45, 2.75) is 18.6 Å². The zero-order valence-electron chi connectivity index (χ0n) is 5.64. The van der Waals surface area contributed by atoms with Crippen molar-refractivity contribution in [3.05, 3.63) is 12.2 Å². The van der Waals surface area contributed by atoms with Gasteiger partial charge in [-0.25, -0.2) is 0 Å². The molecular weight excluding hydrogens is 132 g/mol. The SMILES string of the molecule is OCCC1C=CC(O)C1O. The van der Waals surface area contributed by atoms with Gasteiger partial charge in [0.05, 0.1) is 12.2 Å². The maximum absolute atomic E-state index is 9.16. The van der Waals surface area contributed by atoms with E-state index in [-0.39, 0.29) is 12.5 Å². The summed E-state index contributed by atoms with van der Waals surface area (Å²) in [5.41, 5.74) is 0. The molecule has 0 aromatic heterocycles. The standard InChI is InChI=1S/C7H12O3/c8-4-3-5-1-2-6(9)7(5)10/h1-2,5-10H,3-4H2. The maximum Gasteiger partial charge on any atom is 0.0985 e. The van der Waals surface area contributed by atoms with Gasteiger partial charge in [0.1, 0.15) is 0 Å². The fourth-order valence-corrected chi connectivity index (χ4v) is 1.15. The van der Waals surface area contributed by atoms with E-state index in [0.717, 1.165) is 0 Å². The first-order chi connectivity index (χ1) is 4.75. The first kappa shape index (κ1) is 7.72. The van der Waals surface area contributed by atoms with Crippen LogP contribution >= 0.6 is 0 Å². The van der Waals surface area contributed by atoms with E-state index in [4.69, 9.17) is 15.3 Å². The Balaban J connectivity index is 2.41. The van der Waals surface area contributed by atoms with Crippen LogP contribution < -0.4 is 0 Å². The van der Waals surface area contributed by atoms with Gasteiger partial charge in [-0.2, -0.15) is 0 Å². The topological polar surface area (TPSA) is 60.7 Å². The predicted molar refractivity (Wildman–Crippen MR) is 36.3 cm³/mol. The molecule has 3 unspecified atom stereocenters. The minimum Gasteiger partial charge on any atom is -0.396 e. The van der Waals surface area contributed by atoms with Crippen LogP contribution in [0.25, 0.3) is 0 Å². The lowest BCUT2D eigenvalue weighted by atomic mass is 10.0. The highest BCUT2D eigenvalue weighted by atomic mass is 16.3. The Morgan fingerprint density at radius 2 is 1.90 bits per heavy atom. The Morgan fingerprint density at radius 1 is 1.20 bits per heavy atom. The highest BCUT2D eigenvalue weighted by Crippen LogP contribution is 2.21. The minimum absolute atomic E-state index is 0.0544. The van der Waals surface area contributed by atoms with E-state index in [1.54, 1.807) is 12.2 Å². The van der Waals surface area contributed by atoms with Gasteiger partial charge < -0.3 is 15.3 Å². The van der Waals surface area contributed by atoms with Gasteiger partial charge in [0.15, 0.2) is 0 Å². The largest absolute Gasteiger partial charge is 0.396 e. The summed E-state index contributed by atoms with van der Waals surface area (Å²) < 4.78 is 0. The zero-order chi connectivity index (χ0) is 7.56. The Bertz CT molecular complexity index is 133. The van der Waals surface area contributed by atoms with E-state index >= 15 is 0 Å². The summed E-state index contributed by atoms with van der Waals surface area (Å²) in [6.07, 6.45) is 2.37. The van der Waals surface area contributed by atoms with Gasteiger partial charge in [-0.05, 0) is 6.42 Å². The second kappa shape index (κ2) is 3.14. The molecule has 1 rings (SSSR count). The van der Waals surface area contributed by atoms with Crippen molar-refractivity contribution in [1.82, 2.24) is 0 Å². The molecule has 0 spiro atoms. The van der Waals surface area contributed by atoms with E-state index in [0.29, 0.717) is 6.42 Å². The summed E-state index contributed by atoms with van der Waals surface area (Å²) in [6.45, 7) is 0.0544. The van der Waals surface area contributed by atoms with Crippen LogP contribution in [-0.2, 0) is 0 Å². The van der Waals surface area contributed by atoms with Crippen LogP contribution in [0.4, 0.5) is 0 Å². The zero-order valence-corrected chi connectivity index (χ0v) is 5.64. The van der Waals surface area contributed by atoms with Crippen molar-refractivity contribution in [2.24, 2.45) is 5.92 Å². The molecular formula is C7H12O3. The van der Waals surface area contributed by atoms with Crippen molar-refractivity contribution >= 4 is 0 Å². The summed E-state index contributed by atoms with van der Waals surface area (Å²) in [4.78, 5) is 0. The molecule has 1 aliphatic carbocycles. The van der Waals surface area contributed by atoms with Crippen LogP contribution in [0.1, 0.15) is 6.42 Å². The quantitative estimate of drug-likeness (QED) is 0.448. The summed E-state index contributed by atoms with van der Waals surface area (Å²) >= 11 is 0. The molecule has 0 bridgehead atoms. The minimum atomic E-state index is -0.739. The molecule has 0 heterocycles. The first-order valence-corrected chi connectivity index (χ1v) is 3.41.